The molecule has 5 aliphatic carbocycles. The largest absolute Gasteiger partial charge is 0.504 e. The van der Waals surface area contributed by atoms with E-state index in [-0.39, 0.29) is 34.6 Å². The van der Waals surface area contributed by atoms with E-state index >= 15 is 0 Å². The van der Waals surface area contributed by atoms with Crippen molar-refractivity contribution in [2.24, 2.45) is 17.3 Å². The number of nitrogens with one attached hydrogen (secondary N) is 2. The average Bonchev–Trinajstić information content (AvgIpc) is 3.67. The summed E-state index contributed by atoms with van der Waals surface area (Å²) in [4.78, 5) is 15.7. The third kappa shape index (κ3) is 2.84. The Morgan fingerprint density at radius 1 is 1.16 bits per heavy atom. The number of phenolic OH excluding ortho intramolecular Hbond substituents is 1. The molecule has 38 heavy (non-hydrogen) atoms. The molecule has 0 radical (unpaired) electrons. The Morgan fingerprint density at radius 2 is 2.00 bits per heavy atom. The van der Waals surface area contributed by atoms with Crippen LogP contribution in [0.1, 0.15) is 49.7 Å². The van der Waals surface area contributed by atoms with Gasteiger partial charge in [0.1, 0.15) is 11.7 Å². The Hall–Kier alpha value is -2.77. The fraction of sp³-hybridized carbons (Fsp3) is 0.581. The predicted octanol–water partition coefficient (Wildman–Crippen LogP) is 4.44. The quantitative estimate of drug-likeness (QED) is 0.530. The van der Waals surface area contributed by atoms with Crippen molar-refractivity contribution in [3.63, 3.8) is 0 Å². The summed E-state index contributed by atoms with van der Waals surface area (Å²) in [5.41, 5.74) is 2.82. The number of methoxy groups -OCH3 is 1. The molecule has 4 saturated carbocycles. The Bertz CT molecular complexity index is 1300. The van der Waals surface area contributed by atoms with Gasteiger partial charge in [-0.05, 0) is 81.2 Å². The standard InChI is InChI=1S/C31H37N3O4/c1-37-31-12-11-29(16-21(31)17-32-28(36)33-22-5-3-2-4-6-22)24-15-20-9-10-23(35)26-25(20)30(29,27(31)38-26)13-14-34(24)18-19-7-8-19/h2-6,9-10,19,21,24,27,35H,7-8,11-18H2,1H3,(H2,32,33,36)/t21?,24-,27?,29-,30+,31?/m1/s1. The minimum Gasteiger partial charge on any atom is -0.504 e. The SMILES string of the molecule is COC12CC[C@@]3(CC1CNC(=O)Nc1ccccc1)[C@H]1Cc4ccc(O)c5c4[C@@]3(CCN1CC1CC1)C2O5. The molecule has 1 saturated heterocycles. The summed E-state index contributed by atoms with van der Waals surface area (Å²) in [5.74, 6) is 1.92. The van der Waals surface area contributed by atoms with Crippen molar-refractivity contribution in [3.8, 4) is 11.5 Å². The number of rotatable bonds is 6. The number of urea groups is 1. The second kappa shape index (κ2) is 7.89. The first-order chi connectivity index (χ1) is 18.5. The maximum absolute atomic E-state index is 12.9. The third-order valence-corrected chi connectivity index (χ3v) is 11.3. The molecule has 2 aromatic rings. The van der Waals surface area contributed by atoms with E-state index in [1.165, 1.54) is 30.5 Å². The van der Waals surface area contributed by atoms with E-state index in [9.17, 15) is 9.90 Å². The average molecular weight is 516 g/mol. The first kappa shape index (κ1) is 23.1. The number of likely N-dealkylation sites (tertiary alicyclic amines) is 1. The number of nitrogens with zero attached hydrogens (tertiary/aromatic N) is 1. The van der Waals surface area contributed by atoms with E-state index < -0.39 is 5.60 Å². The van der Waals surface area contributed by atoms with E-state index in [4.69, 9.17) is 9.47 Å². The van der Waals surface area contributed by atoms with Gasteiger partial charge in [-0.15, -0.1) is 0 Å². The van der Waals surface area contributed by atoms with Crippen molar-refractivity contribution in [1.29, 1.82) is 0 Å². The van der Waals surface area contributed by atoms with Crippen molar-refractivity contribution in [2.75, 3.05) is 32.1 Å². The number of phenols is 1. The molecule has 2 amide bonds. The van der Waals surface area contributed by atoms with Gasteiger partial charge in [0.25, 0.3) is 0 Å². The van der Waals surface area contributed by atoms with Crippen LogP contribution in [0.5, 0.6) is 11.5 Å². The second-order valence-corrected chi connectivity index (χ2v) is 12.7. The summed E-state index contributed by atoms with van der Waals surface area (Å²) in [7, 11) is 1.82. The molecular formula is C31H37N3O4. The molecule has 5 fully saturated rings. The molecule has 4 bridgehead atoms. The highest BCUT2D eigenvalue weighted by Crippen LogP contribution is 2.76. The lowest BCUT2D eigenvalue weighted by molar-refractivity contribution is -0.275. The van der Waals surface area contributed by atoms with Gasteiger partial charge in [0.15, 0.2) is 11.5 Å². The fourth-order valence-corrected chi connectivity index (χ4v) is 9.70. The molecule has 3 unspecified atom stereocenters. The molecule has 9 rings (SSSR count). The van der Waals surface area contributed by atoms with E-state index in [1.807, 2.05) is 43.5 Å². The van der Waals surface area contributed by atoms with Crippen LogP contribution in [0.3, 0.4) is 0 Å². The van der Waals surface area contributed by atoms with Crippen LogP contribution in [-0.4, -0.2) is 60.5 Å². The number of benzene rings is 2. The van der Waals surface area contributed by atoms with Crippen LogP contribution in [0.25, 0.3) is 0 Å². The van der Waals surface area contributed by atoms with Crippen LogP contribution in [0, 0.1) is 17.3 Å². The minimum absolute atomic E-state index is 0.0549. The Balaban J connectivity index is 1.18. The predicted molar refractivity (Wildman–Crippen MR) is 144 cm³/mol. The Kier molecular flexibility index (Phi) is 4.80. The van der Waals surface area contributed by atoms with Crippen LogP contribution >= 0.6 is 0 Å². The number of fused-ring (bicyclic) bond motifs is 2. The molecule has 0 aromatic heterocycles. The third-order valence-electron chi connectivity index (χ3n) is 11.3. The van der Waals surface area contributed by atoms with Crippen molar-refractivity contribution >= 4 is 11.7 Å². The zero-order valence-corrected chi connectivity index (χ0v) is 22.0. The van der Waals surface area contributed by atoms with Crippen LogP contribution in [0.2, 0.25) is 0 Å². The number of ether oxygens (including phenoxy) is 2. The van der Waals surface area contributed by atoms with Crippen LogP contribution in [0.15, 0.2) is 42.5 Å². The van der Waals surface area contributed by atoms with Gasteiger partial charge in [0.2, 0.25) is 0 Å². The van der Waals surface area contributed by atoms with Gasteiger partial charge in [-0.25, -0.2) is 4.79 Å². The number of para-hydroxylation sites is 1. The van der Waals surface area contributed by atoms with Crippen molar-refractivity contribution in [2.45, 2.75) is 68.1 Å². The Labute approximate surface area is 223 Å². The van der Waals surface area contributed by atoms with E-state index in [1.54, 1.807) is 0 Å². The minimum atomic E-state index is -0.509. The van der Waals surface area contributed by atoms with Gasteiger partial charge in [0.05, 0.1) is 0 Å². The zero-order valence-electron chi connectivity index (χ0n) is 22.0. The maximum Gasteiger partial charge on any atom is 0.319 e. The summed E-state index contributed by atoms with van der Waals surface area (Å²) >= 11 is 0. The monoisotopic (exact) mass is 515 g/mol. The number of aromatic hydroxyl groups is 1. The molecule has 7 nitrogen and oxygen atoms in total. The molecule has 7 aliphatic rings. The van der Waals surface area contributed by atoms with Crippen LogP contribution in [-0.2, 0) is 16.6 Å². The first-order valence-corrected chi connectivity index (χ1v) is 14.4. The van der Waals surface area contributed by atoms with Crippen molar-refractivity contribution in [1.82, 2.24) is 10.2 Å². The molecule has 3 N–H and O–H groups in total. The summed E-state index contributed by atoms with van der Waals surface area (Å²) in [6, 6.07) is 13.8. The molecule has 2 aromatic carbocycles. The van der Waals surface area contributed by atoms with Crippen LogP contribution in [0.4, 0.5) is 10.5 Å². The van der Waals surface area contributed by atoms with E-state index in [2.05, 4.69) is 21.6 Å². The van der Waals surface area contributed by atoms with Crippen LogP contribution < -0.4 is 15.4 Å². The lowest BCUT2D eigenvalue weighted by Gasteiger charge is -2.74. The molecule has 6 atom stereocenters. The van der Waals surface area contributed by atoms with Gasteiger partial charge < -0.3 is 25.2 Å². The van der Waals surface area contributed by atoms with Crippen molar-refractivity contribution < 1.29 is 19.4 Å². The highest BCUT2D eigenvalue weighted by Gasteiger charge is 2.80. The number of carbonyl (C=O) groups is 1. The number of hydrogen-bond donors (Lipinski definition) is 3. The molecule has 2 aliphatic heterocycles. The van der Waals surface area contributed by atoms with Gasteiger partial charge in [-0.2, -0.15) is 0 Å². The molecule has 2 spiro atoms. The summed E-state index contributed by atoms with van der Waals surface area (Å²) in [5, 5.41) is 17.1. The van der Waals surface area contributed by atoms with E-state index in [0.29, 0.717) is 18.3 Å². The molecule has 200 valence electrons. The zero-order chi connectivity index (χ0) is 25.7. The number of hydrogen-bond acceptors (Lipinski definition) is 5. The molecule has 7 heteroatoms. The van der Waals surface area contributed by atoms with Gasteiger partial charge in [-0.3, -0.25) is 4.90 Å². The highest BCUT2D eigenvalue weighted by molar-refractivity contribution is 5.89. The first-order valence-electron chi connectivity index (χ1n) is 14.4. The maximum atomic E-state index is 12.9. The number of anilines is 1. The highest BCUT2D eigenvalue weighted by atomic mass is 16.6. The number of carbonyl (C=O) groups excluding carboxylic acids is 1. The summed E-state index contributed by atoms with van der Waals surface area (Å²) in [6.45, 7) is 2.82. The second-order valence-electron chi connectivity index (χ2n) is 12.7. The Morgan fingerprint density at radius 3 is 2.79 bits per heavy atom. The smallest absolute Gasteiger partial charge is 0.319 e. The number of piperidine rings is 1. The van der Waals surface area contributed by atoms with E-state index in [0.717, 1.165) is 50.3 Å². The summed E-state index contributed by atoms with van der Waals surface area (Å²) in [6.07, 6.45) is 7.65. The van der Waals surface area contributed by atoms with Crippen molar-refractivity contribution in [3.05, 3.63) is 53.6 Å². The molecule has 2 heterocycles. The van der Waals surface area contributed by atoms with Gasteiger partial charge >= 0.3 is 6.03 Å². The van der Waals surface area contributed by atoms with Gasteiger partial charge in [-0.1, -0.05) is 24.3 Å². The topological polar surface area (TPSA) is 83.1 Å². The normalized spacial score (nSPS) is 37.9. The van der Waals surface area contributed by atoms with Gasteiger partial charge in [0, 0.05) is 54.2 Å². The fourth-order valence-electron chi connectivity index (χ4n) is 9.70. The summed E-state index contributed by atoms with van der Waals surface area (Å²) < 4.78 is 13.4. The number of amides is 2. The molecular weight excluding hydrogens is 478 g/mol. The lowest BCUT2D eigenvalue weighted by atomic mass is 9.35. The lowest BCUT2D eigenvalue weighted by Crippen LogP contribution is -2.81.